The molecular weight excluding hydrogens is 290 g/mol. The largest absolute Gasteiger partial charge is 0.288 e. The Balaban J connectivity index is 1.76. The molecule has 23 heavy (non-hydrogen) atoms. The number of hydrogen-bond donors (Lipinski definition) is 2. The third-order valence-corrected chi connectivity index (χ3v) is 3.50. The second-order valence-electron chi connectivity index (χ2n) is 5.61. The Morgan fingerprint density at radius 2 is 1.78 bits per heavy atom. The van der Waals surface area contributed by atoms with E-state index >= 15 is 0 Å². The molecule has 5 nitrogen and oxygen atoms in total. The van der Waals surface area contributed by atoms with Gasteiger partial charge in [0.1, 0.15) is 5.69 Å². The summed E-state index contributed by atoms with van der Waals surface area (Å²) in [6.45, 7) is 4.29. The lowest BCUT2D eigenvalue weighted by atomic mass is 10.0. The highest BCUT2D eigenvalue weighted by Crippen LogP contribution is 2.15. The van der Waals surface area contributed by atoms with Crippen molar-refractivity contribution in [1.82, 2.24) is 15.8 Å². The van der Waals surface area contributed by atoms with E-state index in [0.717, 1.165) is 5.56 Å². The summed E-state index contributed by atoms with van der Waals surface area (Å²) in [6, 6.07) is 13.3. The molecule has 0 aliphatic heterocycles. The molecule has 1 aromatic heterocycles. The topological polar surface area (TPSA) is 71.1 Å². The monoisotopic (exact) mass is 311 g/mol. The molecule has 0 fully saturated rings. The highest BCUT2D eigenvalue weighted by atomic mass is 16.2. The summed E-state index contributed by atoms with van der Waals surface area (Å²) in [4.78, 5) is 27.4. The van der Waals surface area contributed by atoms with Crippen LogP contribution in [0.15, 0.2) is 48.7 Å². The molecule has 2 amide bonds. The van der Waals surface area contributed by atoms with Gasteiger partial charge in [0.15, 0.2) is 0 Å². The molecule has 1 aromatic carbocycles. The van der Waals surface area contributed by atoms with Gasteiger partial charge in [-0.2, -0.15) is 0 Å². The minimum absolute atomic E-state index is 0.234. The predicted octanol–water partition coefficient (Wildman–Crippen LogP) is 2.60. The molecule has 0 bridgehead atoms. The maximum atomic E-state index is 11.8. The van der Waals surface area contributed by atoms with Crippen LogP contribution < -0.4 is 10.9 Å². The Kier molecular flexibility index (Phi) is 5.86. The second kappa shape index (κ2) is 8.08. The number of nitrogens with one attached hydrogen (secondary N) is 2. The first-order valence-electron chi connectivity index (χ1n) is 7.65. The SMILES string of the molecule is CC(C)c1ccc(CCC(=O)NNC(=O)c2ccccn2)cc1. The average molecular weight is 311 g/mol. The first-order chi connectivity index (χ1) is 11.1. The highest BCUT2D eigenvalue weighted by Gasteiger charge is 2.08. The van der Waals surface area contributed by atoms with Gasteiger partial charge >= 0.3 is 0 Å². The van der Waals surface area contributed by atoms with Crippen LogP contribution >= 0.6 is 0 Å². The summed E-state index contributed by atoms with van der Waals surface area (Å²) >= 11 is 0. The molecule has 1 heterocycles. The summed E-state index contributed by atoms with van der Waals surface area (Å²) in [5, 5.41) is 0. The number of rotatable bonds is 5. The number of aryl methyl sites for hydroxylation is 1. The van der Waals surface area contributed by atoms with Gasteiger partial charge in [-0.1, -0.05) is 44.2 Å². The Morgan fingerprint density at radius 3 is 2.39 bits per heavy atom. The van der Waals surface area contributed by atoms with Gasteiger partial charge < -0.3 is 0 Å². The van der Waals surface area contributed by atoms with E-state index in [-0.39, 0.29) is 11.6 Å². The van der Waals surface area contributed by atoms with Crippen LogP contribution in [0.5, 0.6) is 0 Å². The van der Waals surface area contributed by atoms with E-state index in [9.17, 15) is 9.59 Å². The summed E-state index contributed by atoms with van der Waals surface area (Å²) in [6.07, 6.45) is 2.46. The molecular formula is C18H21N3O2. The highest BCUT2D eigenvalue weighted by molar-refractivity contribution is 5.93. The molecule has 0 aliphatic carbocycles. The van der Waals surface area contributed by atoms with Crippen molar-refractivity contribution in [2.24, 2.45) is 0 Å². The molecule has 2 rings (SSSR count). The molecule has 0 radical (unpaired) electrons. The minimum Gasteiger partial charge on any atom is -0.273 e. The van der Waals surface area contributed by atoms with Crippen LogP contribution in [0.25, 0.3) is 0 Å². The van der Waals surface area contributed by atoms with E-state index in [1.807, 2.05) is 12.1 Å². The second-order valence-corrected chi connectivity index (χ2v) is 5.61. The zero-order chi connectivity index (χ0) is 16.7. The Hall–Kier alpha value is -2.69. The van der Waals surface area contributed by atoms with Crippen molar-refractivity contribution < 1.29 is 9.59 Å². The normalized spacial score (nSPS) is 10.4. The molecule has 120 valence electrons. The number of aromatic nitrogens is 1. The number of hydrazine groups is 1. The van der Waals surface area contributed by atoms with E-state index in [2.05, 4.69) is 41.8 Å². The van der Waals surface area contributed by atoms with Crippen molar-refractivity contribution >= 4 is 11.8 Å². The zero-order valence-electron chi connectivity index (χ0n) is 13.4. The van der Waals surface area contributed by atoms with Crippen molar-refractivity contribution in [3.05, 3.63) is 65.5 Å². The van der Waals surface area contributed by atoms with E-state index in [1.165, 1.54) is 11.8 Å². The van der Waals surface area contributed by atoms with Crippen molar-refractivity contribution in [3.8, 4) is 0 Å². The lowest BCUT2D eigenvalue weighted by Gasteiger charge is -2.08. The first-order valence-corrected chi connectivity index (χ1v) is 7.65. The van der Waals surface area contributed by atoms with Crippen LogP contribution in [0.2, 0.25) is 0 Å². The Morgan fingerprint density at radius 1 is 1.04 bits per heavy atom. The maximum absolute atomic E-state index is 11.8. The standard InChI is InChI=1S/C18H21N3O2/c1-13(2)15-9-6-14(7-10-15)8-11-17(22)20-21-18(23)16-5-3-4-12-19-16/h3-7,9-10,12-13H,8,11H2,1-2H3,(H,20,22)(H,21,23). The van der Waals surface area contributed by atoms with Gasteiger partial charge in [-0.05, 0) is 35.6 Å². The van der Waals surface area contributed by atoms with Crippen molar-refractivity contribution in [3.63, 3.8) is 0 Å². The number of pyridine rings is 1. The summed E-state index contributed by atoms with van der Waals surface area (Å²) in [5.74, 6) is -0.170. The summed E-state index contributed by atoms with van der Waals surface area (Å²) in [7, 11) is 0. The van der Waals surface area contributed by atoms with Gasteiger partial charge in [0.25, 0.3) is 5.91 Å². The summed E-state index contributed by atoms with van der Waals surface area (Å²) < 4.78 is 0. The molecule has 0 unspecified atom stereocenters. The number of benzene rings is 1. The number of nitrogens with zero attached hydrogens (tertiary/aromatic N) is 1. The fraction of sp³-hybridized carbons (Fsp3) is 0.278. The third-order valence-electron chi connectivity index (χ3n) is 3.50. The molecule has 0 saturated heterocycles. The molecule has 2 aromatic rings. The minimum atomic E-state index is -0.430. The summed E-state index contributed by atoms with van der Waals surface area (Å²) in [5.41, 5.74) is 7.40. The lowest BCUT2D eigenvalue weighted by molar-refractivity contribution is -0.121. The smallest absolute Gasteiger partial charge is 0.273 e. The van der Waals surface area contributed by atoms with Gasteiger partial charge in [-0.15, -0.1) is 0 Å². The fourth-order valence-corrected chi connectivity index (χ4v) is 2.08. The molecule has 5 heteroatoms. The van der Waals surface area contributed by atoms with E-state index in [1.54, 1.807) is 18.2 Å². The Bertz CT molecular complexity index is 652. The van der Waals surface area contributed by atoms with Gasteiger partial charge in [0.2, 0.25) is 5.91 Å². The van der Waals surface area contributed by atoms with Crippen LogP contribution in [-0.4, -0.2) is 16.8 Å². The van der Waals surface area contributed by atoms with Gasteiger partial charge in [0.05, 0.1) is 0 Å². The van der Waals surface area contributed by atoms with E-state index in [0.29, 0.717) is 18.8 Å². The van der Waals surface area contributed by atoms with Crippen LogP contribution in [0.3, 0.4) is 0 Å². The fourth-order valence-electron chi connectivity index (χ4n) is 2.08. The van der Waals surface area contributed by atoms with Gasteiger partial charge in [0, 0.05) is 12.6 Å². The molecule has 0 aliphatic rings. The van der Waals surface area contributed by atoms with Crippen LogP contribution in [0.1, 0.15) is 47.8 Å². The number of amides is 2. The van der Waals surface area contributed by atoms with Crippen molar-refractivity contribution in [2.75, 3.05) is 0 Å². The molecule has 0 atom stereocenters. The molecule has 0 spiro atoms. The molecule has 2 N–H and O–H groups in total. The van der Waals surface area contributed by atoms with Crippen LogP contribution in [0, 0.1) is 0 Å². The van der Waals surface area contributed by atoms with Crippen molar-refractivity contribution in [2.45, 2.75) is 32.6 Å². The van der Waals surface area contributed by atoms with Crippen molar-refractivity contribution in [1.29, 1.82) is 0 Å². The average Bonchev–Trinajstić information content (AvgIpc) is 2.59. The third kappa shape index (κ3) is 5.21. The Labute approximate surface area is 136 Å². The van der Waals surface area contributed by atoms with Crippen LogP contribution in [0.4, 0.5) is 0 Å². The van der Waals surface area contributed by atoms with E-state index < -0.39 is 5.91 Å². The number of hydrogen-bond acceptors (Lipinski definition) is 3. The molecule has 0 saturated carbocycles. The van der Waals surface area contributed by atoms with Gasteiger partial charge in [-0.3, -0.25) is 25.4 Å². The first kappa shape index (κ1) is 16.7. The number of carbonyl (C=O) groups excluding carboxylic acids is 2. The van der Waals surface area contributed by atoms with Crippen LogP contribution in [-0.2, 0) is 11.2 Å². The zero-order valence-corrected chi connectivity index (χ0v) is 13.4. The van der Waals surface area contributed by atoms with Gasteiger partial charge in [-0.25, -0.2) is 0 Å². The quantitative estimate of drug-likeness (QED) is 0.834. The van der Waals surface area contributed by atoms with E-state index in [4.69, 9.17) is 0 Å². The number of carbonyl (C=O) groups is 2. The maximum Gasteiger partial charge on any atom is 0.288 e. The predicted molar refractivity (Wildman–Crippen MR) is 88.7 cm³/mol. The lowest BCUT2D eigenvalue weighted by Crippen LogP contribution is -2.42.